The Kier molecular flexibility index (Phi) is 7.13. The highest BCUT2D eigenvalue weighted by molar-refractivity contribution is 5.89. The number of nitrogens with zero attached hydrogens (tertiary/aromatic N) is 4. The number of rotatable bonds is 4. The predicted molar refractivity (Wildman–Crippen MR) is 125 cm³/mol. The second-order valence-corrected chi connectivity index (χ2v) is 10.3. The minimum absolute atomic E-state index is 0.0473. The first-order valence-corrected chi connectivity index (χ1v) is 12.1. The SMILES string of the molecule is CC(C)(C)c1nnc(CN2CCC(C3CCCCCN3C(=O)Nc3ccccc3)CC2)o1. The van der Waals surface area contributed by atoms with E-state index in [1.54, 1.807) is 0 Å². The third-order valence-corrected chi connectivity index (χ3v) is 6.73. The van der Waals surface area contributed by atoms with Crippen molar-refractivity contribution in [2.45, 2.75) is 77.3 Å². The van der Waals surface area contributed by atoms with E-state index in [9.17, 15) is 4.79 Å². The van der Waals surface area contributed by atoms with Gasteiger partial charge < -0.3 is 14.6 Å². The van der Waals surface area contributed by atoms with Gasteiger partial charge in [-0.3, -0.25) is 4.90 Å². The van der Waals surface area contributed by atoms with Crippen LogP contribution in [-0.4, -0.2) is 51.7 Å². The second kappa shape index (κ2) is 10.0. The molecule has 32 heavy (non-hydrogen) atoms. The van der Waals surface area contributed by atoms with Gasteiger partial charge in [0.25, 0.3) is 0 Å². The van der Waals surface area contributed by atoms with Crippen LogP contribution in [0.5, 0.6) is 0 Å². The zero-order valence-corrected chi connectivity index (χ0v) is 19.7. The molecule has 3 heterocycles. The first-order chi connectivity index (χ1) is 15.4. The number of aromatic nitrogens is 2. The Bertz CT molecular complexity index is 868. The number of urea groups is 1. The van der Waals surface area contributed by atoms with Crippen molar-refractivity contribution >= 4 is 11.7 Å². The number of amides is 2. The lowest BCUT2D eigenvalue weighted by Crippen LogP contribution is -2.49. The molecule has 174 valence electrons. The van der Waals surface area contributed by atoms with Crippen LogP contribution in [0.2, 0.25) is 0 Å². The lowest BCUT2D eigenvalue weighted by Gasteiger charge is -2.40. The maximum Gasteiger partial charge on any atom is 0.322 e. The number of piperidine rings is 1. The lowest BCUT2D eigenvalue weighted by molar-refractivity contribution is 0.0982. The van der Waals surface area contributed by atoms with E-state index in [2.05, 4.69) is 46.1 Å². The Morgan fingerprint density at radius 2 is 1.78 bits per heavy atom. The highest BCUT2D eigenvalue weighted by atomic mass is 16.4. The highest BCUT2D eigenvalue weighted by Crippen LogP contribution is 2.31. The number of likely N-dealkylation sites (tertiary alicyclic amines) is 2. The van der Waals surface area contributed by atoms with Crippen LogP contribution in [0.25, 0.3) is 0 Å². The second-order valence-electron chi connectivity index (χ2n) is 10.3. The van der Waals surface area contributed by atoms with Crippen molar-refractivity contribution in [1.29, 1.82) is 0 Å². The molecule has 0 aliphatic carbocycles. The largest absolute Gasteiger partial charge is 0.423 e. The number of benzene rings is 1. The van der Waals surface area contributed by atoms with Crippen LogP contribution >= 0.6 is 0 Å². The molecule has 1 unspecified atom stereocenters. The summed E-state index contributed by atoms with van der Waals surface area (Å²) in [5.41, 5.74) is 0.742. The summed E-state index contributed by atoms with van der Waals surface area (Å²) in [7, 11) is 0. The molecule has 2 saturated heterocycles. The van der Waals surface area contributed by atoms with Gasteiger partial charge in [0.2, 0.25) is 11.8 Å². The molecule has 4 rings (SSSR count). The maximum atomic E-state index is 13.1. The van der Waals surface area contributed by atoms with Crippen molar-refractivity contribution in [2.24, 2.45) is 5.92 Å². The van der Waals surface area contributed by atoms with Crippen LogP contribution in [0.4, 0.5) is 10.5 Å². The third-order valence-electron chi connectivity index (χ3n) is 6.73. The van der Waals surface area contributed by atoms with Gasteiger partial charge in [0.15, 0.2) is 0 Å². The Labute approximate surface area is 191 Å². The van der Waals surface area contributed by atoms with Gasteiger partial charge in [-0.15, -0.1) is 10.2 Å². The topological polar surface area (TPSA) is 74.5 Å². The molecule has 2 aliphatic rings. The third kappa shape index (κ3) is 5.68. The van der Waals surface area contributed by atoms with Crippen LogP contribution in [0.3, 0.4) is 0 Å². The zero-order chi connectivity index (χ0) is 22.6. The normalized spacial score (nSPS) is 21.3. The zero-order valence-electron chi connectivity index (χ0n) is 19.7. The molecule has 2 amide bonds. The fourth-order valence-electron chi connectivity index (χ4n) is 4.90. The molecular formula is C25H37N5O2. The maximum absolute atomic E-state index is 13.1. The highest BCUT2D eigenvalue weighted by Gasteiger charge is 2.34. The number of anilines is 1. The number of hydrogen-bond acceptors (Lipinski definition) is 5. The van der Waals surface area contributed by atoms with Crippen molar-refractivity contribution in [3.05, 3.63) is 42.1 Å². The van der Waals surface area contributed by atoms with Crippen LogP contribution < -0.4 is 5.32 Å². The molecular weight excluding hydrogens is 402 g/mol. The van der Waals surface area contributed by atoms with E-state index in [-0.39, 0.29) is 11.4 Å². The minimum atomic E-state index is -0.123. The quantitative estimate of drug-likeness (QED) is 0.721. The van der Waals surface area contributed by atoms with Crippen molar-refractivity contribution < 1.29 is 9.21 Å². The van der Waals surface area contributed by atoms with Crippen LogP contribution in [0.15, 0.2) is 34.7 Å². The fourth-order valence-corrected chi connectivity index (χ4v) is 4.90. The van der Waals surface area contributed by atoms with E-state index >= 15 is 0 Å². The molecule has 7 heteroatoms. The summed E-state index contributed by atoms with van der Waals surface area (Å²) in [6.45, 7) is 9.82. The molecule has 1 aromatic heterocycles. The Balaban J connectivity index is 1.35. The van der Waals surface area contributed by atoms with Gasteiger partial charge in [-0.25, -0.2) is 4.79 Å². The first-order valence-electron chi connectivity index (χ1n) is 12.1. The van der Waals surface area contributed by atoms with E-state index < -0.39 is 0 Å². The smallest absolute Gasteiger partial charge is 0.322 e. The van der Waals surface area contributed by atoms with Crippen molar-refractivity contribution in [1.82, 2.24) is 20.0 Å². The van der Waals surface area contributed by atoms with Gasteiger partial charge in [0.1, 0.15) is 0 Å². The fraction of sp³-hybridized carbons (Fsp3) is 0.640. The van der Waals surface area contributed by atoms with Gasteiger partial charge in [0.05, 0.1) is 6.54 Å². The van der Waals surface area contributed by atoms with Crippen LogP contribution in [-0.2, 0) is 12.0 Å². The standard InChI is InChI=1S/C25H37N5O2/c1-25(2,3)23-28-27-22(32-23)18-29-16-13-19(14-17-29)21-12-8-5-9-15-30(21)24(31)26-20-10-6-4-7-11-20/h4,6-7,10-11,19,21H,5,8-9,12-18H2,1-3H3,(H,26,31). The average molecular weight is 440 g/mol. The Morgan fingerprint density at radius 1 is 1.03 bits per heavy atom. The molecule has 0 saturated carbocycles. The van der Waals surface area contributed by atoms with E-state index in [0.717, 1.165) is 51.0 Å². The van der Waals surface area contributed by atoms with Crippen molar-refractivity contribution in [2.75, 3.05) is 25.0 Å². The molecule has 0 spiro atoms. The molecule has 2 fully saturated rings. The average Bonchev–Trinajstić information content (AvgIpc) is 3.11. The van der Waals surface area contributed by atoms with Gasteiger partial charge in [-0.05, 0) is 56.8 Å². The van der Waals surface area contributed by atoms with E-state index in [1.165, 1.54) is 12.8 Å². The molecule has 2 aliphatic heterocycles. The van der Waals surface area contributed by atoms with Crippen LogP contribution in [0.1, 0.15) is 71.1 Å². The van der Waals surface area contributed by atoms with E-state index in [1.807, 2.05) is 30.3 Å². The monoisotopic (exact) mass is 439 g/mol. The van der Waals surface area contributed by atoms with Crippen LogP contribution in [0, 0.1) is 5.92 Å². The molecule has 7 nitrogen and oxygen atoms in total. The molecule has 0 radical (unpaired) electrons. The van der Waals surface area contributed by atoms with Crippen molar-refractivity contribution in [3.63, 3.8) is 0 Å². The summed E-state index contributed by atoms with van der Waals surface area (Å²) in [5.74, 6) is 1.94. The lowest BCUT2D eigenvalue weighted by atomic mass is 9.86. The van der Waals surface area contributed by atoms with Crippen molar-refractivity contribution in [3.8, 4) is 0 Å². The minimum Gasteiger partial charge on any atom is -0.423 e. The summed E-state index contributed by atoms with van der Waals surface area (Å²) >= 11 is 0. The molecule has 0 bridgehead atoms. The molecule has 2 aromatic rings. The number of carbonyl (C=O) groups excluding carboxylic acids is 1. The van der Waals surface area contributed by atoms with E-state index in [4.69, 9.17) is 4.42 Å². The Hall–Kier alpha value is -2.41. The summed E-state index contributed by atoms with van der Waals surface area (Å²) in [4.78, 5) is 17.7. The predicted octanol–water partition coefficient (Wildman–Crippen LogP) is 5.06. The van der Waals surface area contributed by atoms with Gasteiger partial charge in [0, 0.05) is 23.7 Å². The molecule has 1 aromatic carbocycles. The number of para-hydroxylation sites is 1. The summed E-state index contributed by atoms with van der Waals surface area (Å²) in [5, 5.41) is 11.6. The molecule has 1 atom stereocenters. The summed E-state index contributed by atoms with van der Waals surface area (Å²) < 4.78 is 5.89. The molecule has 1 N–H and O–H groups in total. The van der Waals surface area contributed by atoms with Gasteiger partial charge in [-0.2, -0.15) is 0 Å². The summed E-state index contributed by atoms with van der Waals surface area (Å²) in [6.07, 6.45) is 6.80. The van der Waals surface area contributed by atoms with Gasteiger partial charge >= 0.3 is 6.03 Å². The number of hydrogen-bond donors (Lipinski definition) is 1. The number of carbonyl (C=O) groups is 1. The Morgan fingerprint density at radius 3 is 2.47 bits per heavy atom. The first kappa shape index (κ1) is 22.8. The van der Waals surface area contributed by atoms with E-state index in [0.29, 0.717) is 30.3 Å². The van der Waals surface area contributed by atoms with Gasteiger partial charge in [-0.1, -0.05) is 51.8 Å². The summed E-state index contributed by atoms with van der Waals surface area (Å²) in [6, 6.07) is 10.2. The number of nitrogens with one attached hydrogen (secondary N) is 1.